The molecule has 0 aromatic carbocycles. The predicted molar refractivity (Wildman–Crippen MR) is 61.0 cm³/mol. The molecule has 0 saturated carbocycles. The third-order valence-electron chi connectivity index (χ3n) is 2.17. The Balaban J connectivity index is 0. The molecule has 1 rings (SSSR count). The Hall–Kier alpha value is 0.420. The van der Waals surface area contributed by atoms with Crippen LogP contribution in [0, 0.1) is 0 Å². The van der Waals surface area contributed by atoms with Gasteiger partial charge in [-0.1, -0.05) is 0 Å². The smallest absolute Gasteiger partial charge is 0.809 e. The normalized spacial score (nSPS) is 12.0. The predicted octanol–water partition coefficient (Wildman–Crippen LogP) is -9.18. The van der Waals surface area contributed by atoms with Gasteiger partial charge in [0.2, 0.25) is 5.91 Å². The molecule has 13 heteroatoms. The minimum atomic E-state index is -4.92. The summed E-state index contributed by atoms with van der Waals surface area (Å²) in [4.78, 5) is 56.4. The molecule has 0 fully saturated rings. The molecule has 0 aliphatic carbocycles. The van der Waals surface area contributed by atoms with E-state index in [2.05, 4.69) is 4.74 Å². The second-order valence-corrected chi connectivity index (χ2v) is 5.27. The van der Waals surface area contributed by atoms with E-state index in [0.717, 1.165) is 12.3 Å². The molecule has 0 unspecified atom stereocenters. The minimum Gasteiger partial charge on any atom is -0.809 e. The molecule has 22 heavy (non-hydrogen) atoms. The Morgan fingerprint density at radius 2 is 2.00 bits per heavy atom. The second kappa shape index (κ2) is 11.1. The maximum atomic E-state index is 11.7. The molecule has 10 nitrogen and oxygen atoms in total. The molecule has 112 valence electrons. The summed E-state index contributed by atoms with van der Waals surface area (Å²) < 4.78 is 15.5. The fourth-order valence-electron chi connectivity index (χ4n) is 1.28. The molecule has 1 aromatic rings. The van der Waals surface area contributed by atoms with Gasteiger partial charge in [0.05, 0.1) is 25.5 Å². The van der Waals surface area contributed by atoms with Crippen LogP contribution in [0.3, 0.4) is 0 Å². The number of nitrogens with zero attached hydrogens (tertiary/aromatic N) is 1. The van der Waals surface area contributed by atoms with Crippen molar-refractivity contribution in [2.24, 2.45) is 0 Å². The number of ether oxygens (including phenoxy) is 1. The van der Waals surface area contributed by atoms with Crippen molar-refractivity contribution < 1.29 is 88.1 Å². The zero-order valence-corrected chi connectivity index (χ0v) is 16.9. The van der Waals surface area contributed by atoms with Gasteiger partial charge in [-0.2, -0.15) is 0 Å². The molecule has 0 bridgehead atoms. The Bertz CT molecular complexity index is 639. The number of hydrogen-bond acceptors (Lipinski definition) is 8. The maximum Gasteiger partial charge on any atom is 1.00 e. The zero-order chi connectivity index (χ0) is 15.3. The van der Waals surface area contributed by atoms with Crippen molar-refractivity contribution >= 4 is 13.5 Å². The van der Waals surface area contributed by atoms with E-state index in [1.807, 2.05) is 4.98 Å². The Morgan fingerprint density at radius 1 is 1.41 bits per heavy atom. The largest absolute Gasteiger partial charge is 1.00 e. The SMILES string of the molecule is O=C(C[C@H](CO)OCP(=O)([O-])[O-])n1ccc(=O)[nH]c1=O.[Na+].[Na+]. The number of rotatable bonds is 6. The molecule has 0 spiro atoms. The Morgan fingerprint density at radius 3 is 2.45 bits per heavy atom. The van der Waals surface area contributed by atoms with E-state index in [9.17, 15) is 28.7 Å². The van der Waals surface area contributed by atoms with E-state index in [1.54, 1.807) is 0 Å². The fourth-order valence-corrected chi connectivity index (χ4v) is 1.67. The van der Waals surface area contributed by atoms with Crippen molar-refractivity contribution in [2.75, 3.05) is 13.0 Å². The van der Waals surface area contributed by atoms with E-state index in [4.69, 9.17) is 5.11 Å². The fraction of sp³-hybridized carbons (Fsp3) is 0.444. The number of hydrogen-bond donors (Lipinski definition) is 2. The van der Waals surface area contributed by atoms with Crippen LogP contribution in [0.2, 0.25) is 0 Å². The summed E-state index contributed by atoms with van der Waals surface area (Å²) in [7, 11) is -4.92. The van der Waals surface area contributed by atoms with Gasteiger partial charge in [0.25, 0.3) is 5.56 Å². The first-order valence-corrected chi connectivity index (χ1v) is 7.04. The molecule has 0 aliphatic heterocycles. The summed E-state index contributed by atoms with van der Waals surface area (Å²) in [6.07, 6.45) is -2.03. The van der Waals surface area contributed by atoms with Gasteiger partial charge in [-0.25, -0.2) is 9.36 Å². The molecule has 0 aliphatic rings. The van der Waals surface area contributed by atoms with Crippen molar-refractivity contribution in [1.82, 2.24) is 9.55 Å². The Kier molecular flexibility index (Phi) is 12.4. The summed E-state index contributed by atoms with van der Waals surface area (Å²) in [5.74, 6) is -0.836. The van der Waals surface area contributed by atoms with Gasteiger partial charge in [-0.05, 0) is 7.60 Å². The summed E-state index contributed by atoms with van der Waals surface area (Å²) in [5.41, 5.74) is -1.66. The van der Waals surface area contributed by atoms with E-state index < -0.39 is 50.2 Å². The van der Waals surface area contributed by atoms with Gasteiger partial charge in [0.1, 0.15) is 0 Å². The van der Waals surface area contributed by atoms with Crippen LogP contribution >= 0.6 is 7.60 Å². The van der Waals surface area contributed by atoms with Gasteiger partial charge in [0, 0.05) is 12.3 Å². The average Bonchev–Trinajstić information content (AvgIpc) is 2.33. The van der Waals surface area contributed by atoms with E-state index in [1.165, 1.54) is 0 Å². The quantitative estimate of drug-likeness (QED) is 0.376. The first-order chi connectivity index (χ1) is 9.23. The topological polar surface area (TPSA) is 165 Å². The standard InChI is InChI=1S/C9H13N2O8P.2Na/c12-4-6(19-5-20(16,17)18)3-8(14)11-2-1-7(13)10-9(11)15;;/h1-2,6,12H,3-5H2,(H,10,13,15)(H2,16,17,18);;/q;2*+1/p-2/t6-;;/m1../s1. The van der Waals surface area contributed by atoms with Crippen LogP contribution in [0.25, 0.3) is 0 Å². The van der Waals surface area contributed by atoms with E-state index >= 15 is 0 Å². The monoisotopic (exact) mass is 352 g/mol. The van der Waals surface area contributed by atoms with Crippen molar-refractivity contribution in [3.63, 3.8) is 0 Å². The summed E-state index contributed by atoms with van der Waals surface area (Å²) in [6.45, 7) is -0.718. The van der Waals surface area contributed by atoms with Crippen molar-refractivity contribution in [1.29, 1.82) is 0 Å². The molecule has 1 heterocycles. The molecular formula is C9H11N2Na2O8P. The van der Waals surface area contributed by atoms with Gasteiger partial charge >= 0.3 is 64.8 Å². The molecule has 1 aromatic heterocycles. The zero-order valence-electron chi connectivity index (χ0n) is 12.1. The second-order valence-electron chi connectivity index (χ2n) is 3.79. The van der Waals surface area contributed by atoms with Gasteiger partial charge in [-0.15, -0.1) is 0 Å². The molecule has 1 atom stereocenters. The van der Waals surface area contributed by atoms with Gasteiger partial charge < -0.3 is 24.2 Å². The molecule has 2 N–H and O–H groups in total. The Labute approximate surface area is 168 Å². The average molecular weight is 352 g/mol. The number of aromatic amines is 1. The van der Waals surface area contributed by atoms with Crippen LogP contribution in [-0.2, 0) is 9.30 Å². The van der Waals surface area contributed by atoms with Gasteiger partial charge in [0.15, 0.2) is 0 Å². The van der Waals surface area contributed by atoms with Crippen LogP contribution in [-0.4, -0.2) is 39.6 Å². The van der Waals surface area contributed by atoms with Crippen molar-refractivity contribution in [3.8, 4) is 0 Å². The van der Waals surface area contributed by atoms with Crippen molar-refractivity contribution in [3.05, 3.63) is 33.1 Å². The number of aliphatic hydroxyl groups is 1. The number of aliphatic hydroxyl groups excluding tert-OH is 1. The third-order valence-corrected chi connectivity index (χ3v) is 2.63. The number of carbonyl (C=O) groups is 1. The van der Waals surface area contributed by atoms with Crippen LogP contribution < -0.4 is 80.2 Å². The number of nitrogens with one attached hydrogen (secondary N) is 1. The third kappa shape index (κ3) is 8.90. The molecule has 0 amide bonds. The maximum absolute atomic E-state index is 11.7. The van der Waals surface area contributed by atoms with Crippen molar-refractivity contribution in [2.45, 2.75) is 12.5 Å². The number of H-pyrrole nitrogens is 1. The first kappa shape index (κ1) is 24.7. The van der Waals surface area contributed by atoms with Crippen LogP contribution in [0.1, 0.15) is 11.2 Å². The van der Waals surface area contributed by atoms with E-state index in [-0.39, 0.29) is 59.1 Å². The van der Waals surface area contributed by atoms with Crippen LogP contribution in [0.5, 0.6) is 0 Å². The first-order valence-electron chi connectivity index (χ1n) is 5.31. The van der Waals surface area contributed by atoms with Gasteiger partial charge in [-0.3, -0.25) is 14.6 Å². The molecule has 0 saturated heterocycles. The summed E-state index contributed by atoms with van der Waals surface area (Å²) in [5, 5.41) is 8.92. The van der Waals surface area contributed by atoms with Crippen LogP contribution in [0.15, 0.2) is 21.9 Å². The van der Waals surface area contributed by atoms with E-state index in [0.29, 0.717) is 4.57 Å². The molecular weight excluding hydrogens is 341 g/mol. The molecule has 0 radical (unpaired) electrons. The minimum absolute atomic E-state index is 0. The summed E-state index contributed by atoms with van der Waals surface area (Å²) >= 11 is 0. The summed E-state index contributed by atoms with van der Waals surface area (Å²) in [6, 6.07) is 0.942. The number of carbonyl (C=O) groups excluding carboxylic acids is 1. The number of aromatic nitrogens is 2. The van der Waals surface area contributed by atoms with Crippen LogP contribution in [0.4, 0.5) is 0 Å².